The Hall–Kier alpha value is -2.41. The van der Waals surface area contributed by atoms with Crippen LogP contribution in [0.25, 0.3) is 0 Å². The number of nitro groups is 1. The molecule has 0 saturated carbocycles. The fourth-order valence-corrected chi connectivity index (χ4v) is 3.18. The maximum Gasteiger partial charge on any atom is 0.272 e. The van der Waals surface area contributed by atoms with Crippen molar-refractivity contribution in [2.24, 2.45) is 0 Å². The molecule has 1 aromatic carbocycles. The Bertz CT molecular complexity index is 793. The van der Waals surface area contributed by atoms with Crippen LogP contribution < -0.4 is 5.32 Å². The second kappa shape index (κ2) is 8.62. The van der Waals surface area contributed by atoms with Gasteiger partial charge >= 0.3 is 0 Å². The summed E-state index contributed by atoms with van der Waals surface area (Å²) in [5.74, 6) is -0.239. The molecule has 2 aromatic rings. The molecule has 1 amide bonds. The molecule has 0 atom stereocenters. The number of nitrogens with one attached hydrogen (secondary N) is 1. The summed E-state index contributed by atoms with van der Waals surface area (Å²) in [6.45, 7) is 3.75. The summed E-state index contributed by atoms with van der Waals surface area (Å²) < 4.78 is 0. The number of nitrogens with zero attached hydrogens (tertiary/aromatic N) is 2. The number of amides is 1. The molecule has 0 radical (unpaired) electrons. The minimum Gasteiger partial charge on any atom is -0.322 e. The zero-order chi connectivity index (χ0) is 18.4. The van der Waals surface area contributed by atoms with Crippen molar-refractivity contribution in [3.8, 4) is 0 Å². The van der Waals surface area contributed by atoms with Crippen LogP contribution in [-0.2, 0) is 6.42 Å². The third-order valence-electron chi connectivity index (χ3n) is 3.86. The Kier molecular flexibility index (Phi) is 6.52. The van der Waals surface area contributed by atoms with Crippen molar-refractivity contribution >= 4 is 29.0 Å². The molecule has 0 aliphatic heterocycles. The van der Waals surface area contributed by atoms with Crippen LogP contribution >= 0.6 is 11.8 Å². The van der Waals surface area contributed by atoms with Crippen LogP contribution in [-0.4, -0.2) is 22.1 Å². The van der Waals surface area contributed by atoms with E-state index in [1.807, 2.05) is 12.3 Å². The Balaban J connectivity index is 2.31. The van der Waals surface area contributed by atoms with E-state index in [4.69, 9.17) is 0 Å². The van der Waals surface area contributed by atoms with Gasteiger partial charge in [-0.2, -0.15) is 0 Å². The van der Waals surface area contributed by atoms with Crippen LogP contribution in [0, 0.1) is 17.0 Å². The predicted octanol–water partition coefficient (Wildman–Crippen LogP) is 4.62. The number of thioether (sulfide) groups is 1. The van der Waals surface area contributed by atoms with E-state index in [1.165, 1.54) is 17.8 Å². The number of aromatic nitrogens is 1. The normalized spacial score (nSPS) is 10.5. The van der Waals surface area contributed by atoms with E-state index in [0.29, 0.717) is 16.8 Å². The zero-order valence-corrected chi connectivity index (χ0v) is 15.4. The molecule has 0 saturated heterocycles. The molecule has 0 aliphatic rings. The predicted molar refractivity (Wildman–Crippen MR) is 100 cm³/mol. The first-order valence-corrected chi connectivity index (χ1v) is 9.28. The van der Waals surface area contributed by atoms with Crippen LogP contribution in [0.4, 0.5) is 11.4 Å². The van der Waals surface area contributed by atoms with Gasteiger partial charge in [-0.15, -0.1) is 11.8 Å². The van der Waals surface area contributed by atoms with Crippen LogP contribution in [0.15, 0.2) is 35.4 Å². The third-order valence-corrected chi connectivity index (χ3v) is 4.64. The third kappa shape index (κ3) is 4.57. The quantitative estimate of drug-likeness (QED) is 0.443. The number of carbonyl (C=O) groups excluding carboxylic acids is 1. The number of hydrogen-bond acceptors (Lipinski definition) is 5. The molecule has 0 fully saturated rings. The summed E-state index contributed by atoms with van der Waals surface area (Å²) in [7, 11) is 0. The molecule has 1 heterocycles. The minimum absolute atomic E-state index is 0.0350. The lowest BCUT2D eigenvalue weighted by atomic mass is 10.1. The average molecular weight is 359 g/mol. The smallest absolute Gasteiger partial charge is 0.272 e. The van der Waals surface area contributed by atoms with Gasteiger partial charge in [0.1, 0.15) is 0 Å². The van der Waals surface area contributed by atoms with Gasteiger partial charge in [-0.25, -0.2) is 0 Å². The van der Waals surface area contributed by atoms with Crippen molar-refractivity contribution < 1.29 is 9.72 Å². The maximum absolute atomic E-state index is 12.8. The van der Waals surface area contributed by atoms with E-state index in [0.717, 1.165) is 29.9 Å². The Morgan fingerprint density at radius 3 is 2.72 bits per heavy atom. The molecule has 25 heavy (non-hydrogen) atoms. The van der Waals surface area contributed by atoms with Crippen LogP contribution in [0.2, 0.25) is 0 Å². The highest BCUT2D eigenvalue weighted by atomic mass is 32.2. The Morgan fingerprint density at radius 1 is 1.36 bits per heavy atom. The first-order valence-electron chi connectivity index (χ1n) is 8.06. The van der Waals surface area contributed by atoms with Gasteiger partial charge in [0, 0.05) is 28.4 Å². The van der Waals surface area contributed by atoms with E-state index in [-0.39, 0.29) is 11.6 Å². The number of unbranched alkanes of at least 4 members (excludes halogenated alkanes) is 1. The van der Waals surface area contributed by atoms with Crippen LogP contribution in [0.1, 0.15) is 41.4 Å². The fraction of sp³-hybridized carbons (Fsp3) is 0.333. The largest absolute Gasteiger partial charge is 0.322 e. The molecule has 6 nitrogen and oxygen atoms in total. The van der Waals surface area contributed by atoms with Crippen molar-refractivity contribution in [1.82, 2.24) is 4.98 Å². The number of pyridine rings is 1. The van der Waals surface area contributed by atoms with Gasteiger partial charge in [0.05, 0.1) is 16.2 Å². The lowest BCUT2D eigenvalue weighted by Crippen LogP contribution is -2.17. The molecular weight excluding hydrogens is 338 g/mol. The molecule has 0 unspecified atom stereocenters. The summed E-state index contributed by atoms with van der Waals surface area (Å²) in [6, 6.07) is 6.39. The van der Waals surface area contributed by atoms with E-state index >= 15 is 0 Å². The summed E-state index contributed by atoms with van der Waals surface area (Å²) >= 11 is 1.50. The SMILES string of the molecule is CCCCc1nccc(SC)c1C(=O)Nc1ccc([N+](=O)[O-])c(C)c1. The van der Waals surface area contributed by atoms with E-state index in [2.05, 4.69) is 17.2 Å². The van der Waals surface area contributed by atoms with Gasteiger partial charge in [-0.05, 0) is 44.2 Å². The summed E-state index contributed by atoms with van der Waals surface area (Å²) in [5.41, 5.74) is 2.44. The molecule has 0 bridgehead atoms. The first-order chi connectivity index (χ1) is 12.0. The second-order valence-corrected chi connectivity index (χ2v) is 6.50. The van der Waals surface area contributed by atoms with Gasteiger partial charge in [-0.1, -0.05) is 13.3 Å². The van der Waals surface area contributed by atoms with Crippen LogP contribution in [0.3, 0.4) is 0 Å². The zero-order valence-electron chi connectivity index (χ0n) is 14.5. The Labute approximate surface area is 151 Å². The first kappa shape index (κ1) is 18.9. The number of carbonyl (C=O) groups is 1. The number of aryl methyl sites for hydroxylation is 2. The van der Waals surface area contributed by atoms with Crippen molar-refractivity contribution in [2.45, 2.75) is 38.0 Å². The van der Waals surface area contributed by atoms with Crippen molar-refractivity contribution in [3.63, 3.8) is 0 Å². The average Bonchev–Trinajstić information content (AvgIpc) is 2.59. The molecular formula is C18H21N3O3S. The fourth-order valence-electron chi connectivity index (χ4n) is 2.56. The van der Waals surface area contributed by atoms with Crippen LogP contribution in [0.5, 0.6) is 0 Å². The number of rotatable bonds is 7. The number of benzene rings is 1. The minimum atomic E-state index is -0.434. The highest BCUT2D eigenvalue weighted by molar-refractivity contribution is 7.98. The topological polar surface area (TPSA) is 85.1 Å². The number of hydrogen-bond donors (Lipinski definition) is 1. The maximum atomic E-state index is 12.8. The molecule has 1 N–H and O–H groups in total. The van der Waals surface area contributed by atoms with E-state index in [1.54, 1.807) is 25.3 Å². The van der Waals surface area contributed by atoms with Gasteiger partial charge in [0.25, 0.3) is 11.6 Å². The highest BCUT2D eigenvalue weighted by Gasteiger charge is 2.18. The molecule has 7 heteroatoms. The van der Waals surface area contributed by atoms with Crippen molar-refractivity contribution in [3.05, 3.63) is 57.4 Å². The molecule has 0 aliphatic carbocycles. The standard InChI is InChI=1S/C18H21N3O3S/c1-4-5-6-14-17(16(25-3)9-10-19-14)18(22)20-13-7-8-15(21(23)24)12(2)11-13/h7-11H,4-6H2,1-3H3,(H,20,22). The van der Waals surface area contributed by atoms with E-state index in [9.17, 15) is 14.9 Å². The van der Waals surface area contributed by atoms with E-state index < -0.39 is 4.92 Å². The Morgan fingerprint density at radius 2 is 2.12 bits per heavy atom. The number of nitro benzene ring substituents is 1. The lowest BCUT2D eigenvalue weighted by molar-refractivity contribution is -0.385. The molecule has 0 spiro atoms. The molecule has 132 valence electrons. The summed E-state index contributed by atoms with van der Waals surface area (Å²) in [5, 5.41) is 13.8. The van der Waals surface area contributed by atoms with Gasteiger partial charge in [-0.3, -0.25) is 19.9 Å². The summed E-state index contributed by atoms with van der Waals surface area (Å²) in [4.78, 5) is 28.5. The molecule has 2 rings (SSSR count). The second-order valence-electron chi connectivity index (χ2n) is 5.65. The van der Waals surface area contributed by atoms with Gasteiger partial charge in [0.2, 0.25) is 0 Å². The summed E-state index contributed by atoms with van der Waals surface area (Å²) in [6.07, 6.45) is 6.37. The van der Waals surface area contributed by atoms with Crippen molar-refractivity contribution in [2.75, 3.05) is 11.6 Å². The highest BCUT2D eigenvalue weighted by Crippen LogP contribution is 2.26. The number of anilines is 1. The van der Waals surface area contributed by atoms with Crippen molar-refractivity contribution in [1.29, 1.82) is 0 Å². The monoisotopic (exact) mass is 359 g/mol. The molecule has 1 aromatic heterocycles. The van der Waals surface area contributed by atoms with Gasteiger partial charge in [0.15, 0.2) is 0 Å². The van der Waals surface area contributed by atoms with Gasteiger partial charge < -0.3 is 5.32 Å². The lowest BCUT2D eigenvalue weighted by Gasteiger charge is -2.13.